The van der Waals surface area contributed by atoms with Crippen LogP contribution in [0.5, 0.6) is 0 Å². The zero-order valence-electron chi connectivity index (χ0n) is 10.4. The lowest BCUT2D eigenvalue weighted by Gasteiger charge is -2.05. The highest BCUT2D eigenvalue weighted by Crippen LogP contribution is 2.19. The largest absolute Gasteiger partial charge is 0.227 e. The van der Waals surface area contributed by atoms with Crippen LogP contribution in [0.15, 0.2) is 47.2 Å². The van der Waals surface area contributed by atoms with E-state index in [1.807, 2.05) is 30.3 Å². The summed E-state index contributed by atoms with van der Waals surface area (Å²) in [6.45, 7) is 6.45. The highest BCUT2D eigenvalue weighted by molar-refractivity contribution is 7.37. The molecule has 17 heavy (non-hydrogen) atoms. The van der Waals surface area contributed by atoms with Crippen LogP contribution in [0.4, 0.5) is 5.69 Å². The van der Waals surface area contributed by atoms with E-state index in [1.54, 1.807) is 0 Å². The summed E-state index contributed by atoms with van der Waals surface area (Å²) in [6, 6.07) is 14.5. The van der Waals surface area contributed by atoms with E-state index in [0.29, 0.717) is 0 Å². The van der Waals surface area contributed by atoms with Gasteiger partial charge in [-0.05, 0) is 44.0 Å². The van der Waals surface area contributed by atoms with E-state index >= 15 is 0 Å². The summed E-state index contributed by atoms with van der Waals surface area (Å²) in [5.74, 6) is 0. The maximum absolute atomic E-state index is 4.60. The Labute approximate surface area is 104 Å². The molecule has 0 N–H and O–H groups in total. The van der Waals surface area contributed by atoms with Crippen molar-refractivity contribution in [1.29, 1.82) is 0 Å². The lowest BCUT2D eigenvalue weighted by Crippen LogP contribution is -2.03. The third-order valence-electron chi connectivity index (χ3n) is 2.66. The summed E-state index contributed by atoms with van der Waals surface area (Å²) < 4.78 is 4.60. The quantitative estimate of drug-likeness (QED) is 0.676. The number of hydrogen-bond donors (Lipinski definition) is 0. The number of rotatable bonds is 2. The lowest BCUT2D eigenvalue weighted by molar-refractivity contribution is 1.36. The van der Waals surface area contributed by atoms with E-state index in [-0.39, 0.29) is 0 Å². The van der Waals surface area contributed by atoms with Crippen molar-refractivity contribution in [2.75, 3.05) is 0 Å². The minimum absolute atomic E-state index is 1.03. The van der Waals surface area contributed by atoms with Crippen LogP contribution in [0.1, 0.15) is 16.7 Å². The number of benzene rings is 2. The van der Waals surface area contributed by atoms with E-state index in [9.17, 15) is 0 Å². The molecule has 0 unspecified atom stereocenters. The zero-order valence-corrected chi connectivity index (χ0v) is 11.3. The van der Waals surface area contributed by atoms with E-state index < -0.39 is 0 Å². The van der Waals surface area contributed by atoms with Crippen molar-refractivity contribution in [3.8, 4) is 0 Å². The van der Waals surface area contributed by atoms with Crippen LogP contribution in [0.3, 0.4) is 0 Å². The van der Waals surface area contributed by atoms with E-state index in [0.717, 1.165) is 14.1 Å². The van der Waals surface area contributed by atoms with Gasteiger partial charge >= 0.3 is 0 Å². The molecule has 2 heteroatoms. The standard InChI is InChI=1S/C15H16NP/c1-11-9-12(2)15(13(3)10-11)17-16-14-7-5-4-6-8-14/h4-10H,1-3H3. The molecule has 2 aromatic rings. The lowest BCUT2D eigenvalue weighted by atomic mass is 10.1. The third-order valence-corrected chi connectivity index (χ3v) is 3.89. The predicted molar refractivity (Wildman–Crippen MR) is 75.7 cm³/mol. The molecule has 0 aliphatic heterocycles. The van der Waals surface area contributed by atoms with Gasteiger partial charge in [0.2, 0.25) is 0 Å². The van der Waals surface area contributed by atoms with Crippen LogP contribution in [0, 0.1) is 20.8 Å². The second-order valence-electron chi connectivity index (χ2n) is 4.28. The van der Waals surface area contributed by atoms with Gasteiger partial charge in [0.15, 0.2) is 0 Å². The van der Waals surface area contributed by atoms with Gasteiger partial charge < -0.3 is 0 Å². The first-order valence-electron chi connectivity index (χ1n) is 5.71. The molecule has 0 atom stereocenters. The Kier molecular flexibility index (Phi) is 3.71. The van der Waals surface area contributed by atoms with Gasteiger partial charge in [-0.1, -0.05) is 35.9 Å². The first-order chi connectivity index (χ1) is 8.16. The molecule has 0 bridgehead atoms. The highest BCUT2D eigenvalue weighted by Gasteiger charge is 2.01. The molecule has 1 nitrogen and oxygen atoms in total. The summed E-state index contributed by atoms with van der Waals surface area (Å²) in [5.41, 5.74) is 5.00. The number of aryl methyl sites for hydroxylation is 3. The minimum atomic E-state index is 1.03. The van der Waals surface area contributed by atoms with Gasteiger partial charge in [-0.3, -0.25) is 0 Å². The Hall–Kier alpha value is -1.46. The Morgan fingerprint density at radius 1 is 0.882 bits per heavy atom. The van der Waals surface area contributed by atoms with Gasteiger partial charge in [-0.15, -0.1) is 0 Å². The fourth-order valence-corrected chi connectivity index (χ4v) is 2.73. The average molecular weight is 241 g/mol. The van der Waals surface area contributed by atoms with Crippen LogP contribution in [0.25, 0.3) is 0 Å². The molecule has 0 saturated heterocycles. The van der Waals surface area contributed by atoms with Gasteiger partial charge in [-0.2, -0.15) is 0 Å². The minimum Gasteiger partial charge on any atom is -0.227 e. The highest BCUT2D eigenvalue weighted by atomic mass is 31.1. The van der Waals surface area contributed by atoms with Gasteiger partial charge in [-0.25, -0.2) is 4.74 Å². The third kappa shape index (κ3) is 3.01. The maximum atomic E-state index is 4.60. The van der Waals surface area contributed by atoms with E-state index in [1.165, 1.54) is 22.0 Å². The fraction of sp³-hybridized carbons (Fsp3) is 0.200. The first kappa shape index (κ1) is 12.0. The van der Waals surface area contributed by atoms with E-state index in [4.69, 9.17) is 0 Å². The normalized spacial score (nSPS) is 11.0. The maximum Gasteiger partial charge on any atom is 0.0679 e. The Morgan fingerprint density at radius 2 is 1.47 bits per heavy atom. The molecule has 86 valence electrons. The summed E-state index contributed by atoms with van der Waals surface area (Å²) in [6.07, 6.45) is 0. The SMILES string of the molecule is Cc1cc(C)c(P=Nc2ccccc2)c(C)c1. The first-order valence-corrected chi connectivity index (χ1v) is 6.56. The van der Waals surface area contributed by atoms with Crippen LogP contribution in [-0.2, 0) is 0 Å². The van der Waals surface area contributed by atoms with Crippen molar-refractivity contribution < 1.29 is 0 Å². The van der Waals surface area contributed by atoms with Crippen molar-refractivity contribution in [2.45, 2.75) is 20.8 Å². The van der Waals surface area contributed by atoms with Crippen LogP contribution < -0.4 is 5.30 Å². The van der Waals surface area contributed by atoms with Crippen molar-refractivity contribution in [2.24, 2.45) is 4.74 Å². The Morgan fingerprint density at radius 3 is 2.06 bits per heavy atom. The predicted octanol–water partition coefficient (Wildman–Crippen LogP) is 4.70. The smallest absolute Gasteiger partial charge is 0.0679 e. The summed E-state index contributed by atoms with van der Waals surface area (Å²) >= 11 is 0. The molecule has 0 spiro atoms. The second-order valence-corrected chi connectivity index (χ2v) is 5.13. The zero-order chi connectivity index (χ0) is 12.3. The van der Waals surface area contributed by atoms with Crippen LogP contribution in [0.2, 0.25) is 0 Å². The van der Waals surface area contributed by atoms with Gasteiger partial charge in [0.1, 0.15) is 0 Å². The fourth-order valence-electron chi connectivity index (χ4n) is 1.93. The molecule has 0 saturated carbocycles. The summed E-state index contributed by atoms with van der Waals surface area (Å²) in [4.78, 5) is 0. The number of nitrogens with zero attached hydrogens (tertiary/aromatic N) is 1. The molecule has 0 fully saturated rings. The van der Waals surface area contributed by atoms with Crippen LogP contribution >= 0.6 is 8.37 Å². The summed E-state index contributed by atoms with van der Waals surface area (Å²) in [5, 5.41) is 1.32. The molecule has 0 amide bonds. The van der Waals surface area contributed by atoms with Gasteiger partial charge in [0, 0.05) is 13.7 Å². The summed E-state index contributed by atoms with van der Waals surface area (Å²) in [7, 11) is 1.03. The molecule has 0 aliphatic rings. The molecule has 0 aliphatic carbocycles. The molecule has 0 radical (unpaired) electrons. The van der Waals surface area contributed by atoms with Gasteiger partial charge in [0.25, 0.3) is 0 Å². The second kappa shape index (κ2) is 5.25. The van der Waals surface area contributed by atoms with Crippen molar-refractivity contribution in [1.82, 2.24) is 0 Å². The molecule has 0 aromatic heterocycles. The molecule has 0 heterocycles. The average Bonchev–Trinajstić information content (AvgIpc) is 2.29. The van der Waals surface area contributed by atoms with Crippen molar-refractivity contribution in [3.05, 3.63) is 59.2 Å². The Bertz CT molecular complexity index is 521. The molecular weight excluding hydrogens is 225 g/mol. The van der Waals surface area contributed by atoms with Crippen LogP contribution in [-0.4, -0.2) is 0 Å². The Balaban J connectivity index is 2.34. The monoisotopic (exact) mass is 241 g/mol. The van der Waals surface area contributed by atoms with Crippen molar-refractivity contribution >= 4 is 19.4 Å². The van der Waals surface area contributed by atoms with Gasteiger partial charge in [0.05, 0.1) is 5.69 Å². The van der Waals surface area contributed by atoms with E-state index in [2.05, 4.69) is 37.6 Å². The van der Waals surface area contributed by atoms with Crippen molar-refractivity contribution in [3.63, 3.8) is 0 Å². The topological polar surface area (TPSA) is 12.4 Å². The molecule has 2 rings (SSSR count). The molecular formula is C15H16NP. The molecule has 2 aromatic carbocycles. The number of hydrogen-bond acceptors (Lipinski definition) is 1.